The molecule has 0 heterocycles. The normalized spacial score (nSPS) is 8.33. The van der Waals surface area contributed by atoms with Crippen LogP contribution in [-0.2, 0) is 4.79 Å². The molecule has 15 heavy (non-hydrogen) atoms. The molecule has 0 aliphatic carbocycles. The van der Waals surface area contributed by atoms with Crippen LogP contribution in [0.15, 0.2) is 36.9 Å². The topological polar surface area (TPSA) is 74.6 Å². The van der Waals surface area contributed by atoms with E-state index in [-0.39, 0.29) is 11.3 Å². The quantitative estimate of drug-likeness (QED) is 0.600. The van der Waals surface area contributed by atoms with Gasteiger partial charge in [-0.2, -0.15) is 0 Å². The van der Waals surface area contributed by atoms with Crippen LogP contribution in [-0.4, -0.2) is 21.4 Å². The van der Waals surface area contributed by atoms with E-state index >= 15 is 0 Å². The van der Waals surface area contributed by atoms with Gasteiger partial charge in [-0.25, -0.2) is 4.79 Å². The molecule has 1 aromatic rings. The van der Waals surface area contributed by atoms with E-state index in [2.05, 4.69) is 6.58 Å². The Morgan fingerprint density at radius 3 is 2.07 bits per heavy atom. The average Bonchev–Trinajstić information content (AvgIpc) is 2.19. The predicted molar refractivity (Wildman–Crippen MR) is 56.1 cm³/mol. The molecule has 0 radical (unpaired) electrons. The average molecular weight is 229 g/mol. The number of aromatic hydroxyl groups is 1. The number of phenols is 1. The second-order valence-electron chi connectivity index (χ2n) is 2.33. The molecule has 0 amide bonds. The van der Waals surface area contributed by atoms with Crippen molar-refractivity contribution >= 4 is 22.8 Å². The smallest absolute Gasteiger partial charge is 0.339 e. The minimum atomic E-state index is -1.11. The molecular weight excluding hydrogens is 220 g/mol. The number of aromatic carboxylic acids is 1. The van der Waals surface area contributed by atoms with Crippen LogP contribution in [0.25, 0.3) is 0 Å². The van der Waals surface area contributed by atoms with Crippen LogP contribution < -0.4 is 0 Å². The maximum Gasteiger partial charge on any atom is 0.339 e. The summed E-state index contributed by atoms with van der Waals surface area (Å²) in [7, 11) is 0. The summed E-state index contributed by atoms with van der Waals surface area (Å²) in [6.07, 6.45) is 1.04. The number of hydrogen-bond acceptors (Lipinski definition) is 3. The highest BCUT2D eigenvalue weighted by atomic mass is 35.5. The van der Waals surface area contributed by atoms with Crippen molar-refractivity contribution in [3.63, 3.8) is 0 Å². The number of rotatable bonds is 2. The molecule has 0 saturated carbocycles. The lowest BCUT2D eigenvalue weighted by Crippen LogP contribution is -1.95. The van der Waals surface area contributed by atoms with E-state index in [1.165, 1.54) is 12.1 Å². The van der Waals surface area contributed by atoms with E-state index < -0.39 is 11.2 Å². The molecule has 1 aromatic carbocycles. The summed E-state index contributed by atoms with van der Waals surface area (Å²) in [5.74, 6) is -1.31. The van der Waals surface area contributed by atoms with E-state index in [9.17, 15) is 9.59 Å². The van der Waals surface area contributed by atoms with Gasteiger partial charge in [0.25, 0.3) is 0 Å². The summed E-state index contributed by atoms with van der Waals surface area (Å²) in [6, 6.07) is 5.81. The van der Waals surface area contributed by atoms with Gasteiger partial charge in [-0.3, -0.25) is 4.79 Å². The number of carboxylic acid groups (broad SMARTS) is 1. The Bertz CT molecular complexity index is 373. The van der Waals surface area contributed by atoms with Crippen LogP contribution >= 0.6 is 11.6 Å². The number of benzene rings is 1. The van der Waals surface area contributed by atoms with E-state index in [0.29, 0.717) is 0 Å². The lowest BCUT2D eigenvalue weighted by molar-refractivity contribution is -0.107. The van der Waals surface area contributed by atoms with Crippen molar-refractivity contribution in [3.8, 4) is 5.75 Å². The van der Waals surface area contributed by atoms with Gasteiger partial charge in [-0.05, 0) is 29.8 Å². The summed E-state index contributed by atoms with van der Waals surface area (Å²) in [5, 5.41) is 16.8. The molecule has 0 fully saturated rings. The minimum absolute atomic E-state index is 0.0671. The molecule has 80 valence electrons. The molecule has 4 nitrogen and oxygen atoms in total. The molecule has 0 aliphatic rings. The Balaban J connectivity index is 0.000000336. The second kappa shape index (κ2) is 6.62. The van der Waals surface area contributed by atoms with Crippen LogP contribution in [0, 0.1) is 0 Å². The molecule has 0 atom stereocenters. The number of para-hydroxylation sites is 1. The fraction of sp³-hybridized carbons (Fsp3) is 0. The highest BCUT2D eigenvalue weighted by Crippen LogP contribution is 2.14. The Kier molecular flexibility index (Phi) is 5.82. The maximum atomic E-state index is 10.3. The van der Waals surface area contributed by atoms with Crippen molar-refractivity contribution in [1.82, 2.24) is 0 Å². The van der Waals surface area contributed by atoms with Crippen LogP contribution in [0.2, 0.25) is 0 Å². The third kappa shape index (κ3) is 5.49. The zero-order chi connectivity index (χ0) is 11.8. The molecule has 0 saturated heterocycles. The summed E-state index contributed by atoms with van der Waals surface area (Å²) in [4.78, 5) is 19.7. The van der Waals surface area contributed by atoms with Gasteiger partial charge in [-0.15, -0.1) is 0 Å². The summed E-state index contributed by atoms with van der Waals surface area (Å²) < 4.78 is 0. The number of carbonyl (C=O) groups excluding carboxylic acids is 1. The maximum absolute atomic E-state index is 10.3. The first-order valence-corrected chi connectivity index (χ1v) is 4.20. The van der Waals surface area contributed by atoms with Gasteiger partial charge >= 0.3 is 5.97 Å². The Morgan fingerprint density at radius 2 is 1.80 bits per heavy atom. The molecule has 1 rings (SSSR count). The van der Waals surface area contributed by atoms with Crippen molar-refractivity contribution < 1.29 is 19.8 Å². The van der Waals surface area contributed by atoms with Gasteiger partial charge in [0.1, 0.15) is 11.3 Å². The highest BCUT2D eigenvalue weighted by Gasteiger charge is 2.05. The second-order valence-corrected chi connectivity index (χ2v) is 2.70. The van der Waals surface area contributed by atoms with Gasteiger partial charge in [-0.1, -0.05) is 18.7 Å². The Labute approximate surface area is 91.4 Å². The Morgan fingerprint density at radius 1 is 1.33 bits per heavy atom. The van der Waals surface area contributed by atoms with Crippen LogP contribution in [0.3, 0.4) is 0 Å². The van der Waals surface area contributed by atoms with Gasteiger partial charge in [0.05, 0.1) is 0 Å². The van der Waals surface area contributed by atoms with E-state index in [1.54, 1.807) is 12.1 Å². The lowest BCUT2D eigenvalue weighted by Gasteiger charge is -1.95. The number of carboxylic acids is 1. The number of allylic oxidation sites excluding steroid dienone is 1. The number of halogens is 1. The van der Waals surface area contributed by atoms with E-state index in [0.717, 1.165) is 6.08 Å². The predicted octanol–water partition coefficient (Wildman–Crippen LogP) is 2.03. The summed E-state index contributed by atoms with van der Waals surface area (Å²) >= 11 is 4.71. The van der Waals surface area contributed by atoms with Crippen LogP contribution in [0.5, 0.6) is 5.75 Å². The first-order chi connectivity index (χ1) is 6.99. The minimum Gasteiger partial charge on any atom is -0.507 e. The third-order valence-corrected chi connectivity index (χ3v) is 1.45. The molecule has 0 aromatic heterocycles. The third-order valence-electron chi connectivity index (χ3n) is 1.29. The van der Waals surface area contributed by atoms with Crippen LogP contribution in [0.4, 0.5) is 0 Å². The number of carbonyl (C=O) groups is 2. The molecule has 0 spiro atoms. The van der Waals surface area contributed by atoms with Crippen molar-refractivity contribution in [2.75, 3.05) is 0 Å². The largest absolute Gasteiger partial charge is 0.507 e. The zero-order valence-electron chi connectivity index (χ0n) is 7.68. The molecule has 2 N–H and O–H groups in total. The highest BCUT2D eigenvalue weighted by molar-refractivity contribution is 6.66. The first kappa shape index (κ1) is 13.2. The SMILES string of the molecule is C=CC(=O)Cl.O=C(O)c1ccccc1O. The zero-order valence-corrected chi connectivity index (χ0v) is 8.44. The molecule has 5 heteroatoms. The summed E-state index contributed by atoms with van der Waals surface area (Å²) in [5.41, 5.74) is -0.0671. The van der Waals surface area contributed by atoms with Gasteiger partial charge < -0.3 is 10.2 Å². The van der Waals surface area contributed by atoms with Crippen LogP contribution in [0.1, 0.15) is 10.4 Å². The molecular formula is C10H9ClO4. The van der Waals surface area contributed by atoms with Gasteiger partial charge in [0.2, 0.25) is 5.24 Å². The van der Waals surface area contributed by atoms with Crippen molar-refractivity contribution in [1.29, 1.82) is 0 Å². The first-order valence-electron chi connectivity index (χ1n) is 3.82. The van der Waals surface area contributed by atoms with E-state index in [1.807, 2.05) is 0 Å². The summed E-state index contributed by atoms with van der Waals surface area (Å²) in [6.45, 7) is 3.08. The van der Waals surface area contributed by atoms with Gasteiger partial charge in [0, 0.05) is 0 Å². The molecule has 0 bridgehead atoms. The van der Waals surface area contributed by atoms with Crippen molar-refractivity contribution in [3.05, 3.63) is 42.5 Å². The fourth-order valence-corrected chi connectivity index (χ4v) is 0.654. The van der Waals surface area contributed by atoms with Crippen molar-refractivity contribution in [2.24, 2.45) is 0 Å². The lowest BCUT2D eigenvalue weighted by atomic mass is 10.2. The standard InChI is InChI=1S/C7H6O3.C3H3ClO/c8-6-4-2-1-3-5(6)7(9)10;1-2-3(4)5/h1-4,8H,(H,9,10);2H,1H2. The monoisotopic (exact) mass is 228 g/mol. The van der Waals surface area contributed by atoms with Crippen molar-refractivity contribution in [2.45, 2.75) is 0 Å². The molecule has 0 unspecified atom stereocenters. The Hall–Kier alpha value is -1.81. The molecule has 0 aliphatic heterocycles. The van der Waals surface area contributed by atoms with Gasteiger partial charge in [0.15, 0.2) is 0 Å². The number of hydrogen-bond donors (Lipinski definition) is 2. The fourth-order valence-electron chi connectivity index (χ4n) is 0.654. The van der Waals surface area contributed by atoms with E-state index in [4.69, 9.17) is 21.8 Å².